The lowest BCUT2D eigenvalue weighted by Crippen LogP contribution is -2.03. The second-order valence-electron chi connectivity index (χ2n) is 4.28. The smallest absolute Gasteiger partial charge is 0.190 e. The summed E-state index contributed by atoms with van der Waals surface area (Å²) in [7, 11) is 0. The van der Waals surface area contributed by atoms with E-state index in [4.69, 9.17) is 0 Å². The number of pyridine rings is 1. The molecular weight excluding hydrogens is 245 g/mol. The minimum Gasteiger partial charge on any atom is -0.508 e. The summed E-state index contributed by atoms with van der Waals surface area (Å²) in [5.41, 5.74) is 1.62. The van der Waals surface area contributed by atoms with Gasteiger partial charge in [0.25, 0.3) is 0 Å². The maximum Gasteiger partial charge on any atom is 0.190 e. The zero-order valence-electron chi connectivity index (χ0n) is 9.85. The third kappa shape index (κ3) is 2.08. The summed E-state index contributed by atoms with van der Waals surface area (Å²) in [6.45, 7) is 0. The molecule has 0 atom stereocenters. The highest BCUT2D eigenvalue weighted by molar-refractivity contribution is 5.81. The van der Waals surface area contributed by atoms with Gasteiger partial charge in [0.05, 0.1) is 5.52 Å². The zero-order chi connectivity index (χ0) is 13.4. The summed E-state index contributed by atoms with van der Waals surface area (Å²) in [5, 5.41) is 9.69. The number of aromatic amines is 1. The fourth-order valence-electron chi connectivity index (χ4n) is 2.02. The second kappa shape index (κ2) is 4.24. The summed E-state index contributed by atoms with van der Waals surface area (Å²) in [5.74, 6) is -0.246. The molecule has 94 valence electrons. The van der Waals surface area contributed by atoms with Crippen LogP contribution in [0.5, 0.6) is 5.75 Å². The molecule has 0 radical (unpaired) electrons. The molecule has 0 unspecified atom stereocenters. The number of fused-ring (bicyclic) bond motifs is 1. The highest BCUT2D eigenvalue weighted by atomic mass is 19.1. The number of aromatic nitrogens is 1. The Bertz CT molecular complexity index is 806. The van der Waals surface area contributed by atoms with Crippen LogP contribution in [0, 0.1) is 5.82 Å². The molecule has 0 fully saturated rings. The highest BCUT2D eigenvalue weighted by Crippen LogP contribution is 2.21. The molecule has 3 rings (SSSR count). The van der Waals surface area contributed by atoms with Crippen molar-refractivity contribution in [1.82, 2.24) is 4.98 Å². The van der Waals surface area contributed by atoms with Crippen LogP contribution in [0.4, 0.5) is 4.39 Å². The first-order valence-corrected chi connectivity index (χ1v) is 5.75. The maximum atomic E-state index is 13.2. The molecule has 4 heteroatoms. The number of nitrogens with one attached hydrogen (secondary N) is 1. The molecular formula is C15H10FNO2. The standard InChI is InChI=1S/C15H10FNO2/c16-10-3-6-12-14(7-10)17-13(8-15(12)19)9-1-4-11(18)5-2-9/h1-8,18H,(H,17,19). The summed E-state index contributed by atoms with van der Waals surface area (Å²) < 4.78 is 13.2. The molecule has 0 spiro atoms. The van der Waals surface area contributed by atoms with Gasteiger partial charge in [0.15, 0.2) is 5.43 Å². The maximum absolute atomic E-state index is 13.2. The molecule has 0 aliphatic rings. The topological polar surface area (TPSA) is 53.1 Å². The number of hydrogen-bond donors (Lipinski definition) is 2. The molecule has 0 saturated heterocycles. The van der Waals surface area contributed by atoms with E-state index in [1.165, 1.54) is 36.4 Å². The minimum atomic E-state index is -0.397. The van der Waals surface area contributed by atoms with Crippen molar-refractivity contribution in [2.75, 3.05) is 0 Å². The summed E-state index contributed by atoms with van der Waals surface area (Å²) in [6, 6.07) is 11.9. The molecule has 0 bridgehead atoms. The van der Waals surface area contributed by atoms with E-state index in [9.17, 15) is 14.3 Å². The minimum absolute atomic E-state index is 0.151. The van der Waals surface area contributed by atoms with Crippen molar-refractivity contribution in [2.45, 2.75) is 0 Å². The van der Waals surface area contributed by atoms with Gasteiger partial charge in [-0.15, -0.1) is 0 Å². The van der Waals surface area contributed by atoms with Gasteiger partial charge >= 0.3 is 0 Å². The van der Waals surface area contributed by atoms with Gasteiger partial charge in [-0.2, -0.15) is 0 Å². The number of hydrogen-bond acceptors (Lipinski definition) is 2. The molecule has 1 aromatic heterocycles. The Balaban J connectivity index is 2.25. The number of phenols is 1. The predicted molar refractivity (Wildman–Crippen MR) is 71.6 cm³/mol. The van der Waals surface area contributed by atoms with Crippen molar-refractivity contribution in [3.8, 4) is 17.0 Å². The van der Waals surface area contributed by atoms with E-state index < -0.39 is 5.82 Å². The fourth-order valence-corrected chi connectivity index (χ4v) is 2.02. The second-order valence-corrected chi connectivity index (χ2v) is 4.28. The number of aromatic hydroxyl groups is 1. The molecule has 19 heavy (non-hydrogen) atoms. The lowest BCUT2D eigenvalue weighted by molar-refractivity contribution is 0.475. The normalized spacial score (nSPS) is 10.8. The van der Waals surface area contributed by atoms with Crippen molar-refractivity contribution < 1.29 is 9.50 Å². The van der Waals surface area contributed by atoms with Crippen LogP contribution in [0.3, 0.4) is 0 Å². The molecule has 0 aliphatic heterocycles. The predicted octanol–water partition coefficient (Wildman–Crippen LogP) is 3.04. The monoisotopic (exact) mass is 255 g/mol. The molecule has 2 N–H and O–H groups in total. The van der Waals surface area contributed by atoms with E-state index >= 15 is 0 Å². The van der Waals surface area contributed by atoms with E-state index in [0.29, 0.717) is 16.6 Å². The first-order valence-electron chi connectivity index (χ1n) is 5.75. The molecule has 0 aliphatic carbocycles. The van der Waals surface area contributed by atoms with Crippen LogP contribution in [0.2, 0.25) is 0 Å². The van der Waals surface area contributed by atoms with Crippen LogP contribution in [0.25, 0.3) is 22.2 Å². The van der Waals surface area contributed by atoms with Gasteiger partial charge in [-0.05, 0) is 48.0 Å². The van der Waals surface area contributed by atoms with E-state index in [1.807, 2.05) is 0 Å². The zero-order valence-corrected chi connectivity index (χ0v) is 9.85. The number of phenolic OH excluding ortho intramolecular Hbond substituents is 1. The molecule has 2 aromatic carbocycles. The van der Waals surface area contributed by atoms with E-state index in [2.05, 4.69) is 4.98 Å². The van der Waals surface area contributed by atoms with Crippen LogP contribution in [0.15, 0.2) is 53.3 Å². The molecule has 1 heterocycles. The van der Waals surface area contributed by atoms with Crippen molar-refractivity contribution in [3.05, 3.63) is 64.6 Å². The van der Waals surface area contributed by atoms with Gasteiger partial charge in [-0.1, -0.05) is 0 Å². The quantitative estimate of drug-likeness (QED) is 0.702. The molecule has 0 amide bonds. The van der Waals surface area contributed by atoms with Crippen molar-refractivity contribution in [1.29, 1.82) is 0 Å². The summed E-state index contributed by atoms with van der Waals surface area (Å²) in [4.78, 5) is 15.0. The third-order valence-electron chi connectivity index (χ3n) is 2.97. The molecule has 3 aromatic rings. The third-order valence-corrected chi connectivity index (χ3v) is 2.97. The van der Waals surface area contributed by atoms with Crippen molar-refractivity contribution >= 4 is 10.9 Å². The van der Waals surface area contributed by atoms with E-state index in [-0.39, 0.29) is 11.2 Å². The molecule has 0 saturated carbocycles. The summed E-state index contributed by atoms with van der Waals surface area (Å²) >= 11 is 0. The van der Waals surface area contributed by atoms with Crippen LogP contribution in [-0.2, 0) is 0 Å². The number of H-pyrrole nitrogens is 1. The SMILES string of the molecule is O=c1cc(-c2ccc(O)cc2)[nH]c2cc(F)ccc12. The van der Waals surface area contributed by atoms with Crippen LogP contribution in [-0.4, -0.2) is 10.1 Å². The van der Waals surface area contributed by atoms with E-state index in [0.717, 1.165) is 5.56 Å². The summed E-state index contributed by atoms with van der Waals surface area (Å²) in [6.07, 6.45) is 0. The highest BCUT2D eigenvalue weighted by Gasteiger charge is 2.05. The van der Waals surface area contributed by atoms with Crippen LogP contribution >= 0.6 is 0 Å². The first-order chi connectivity index (χ1) is 9.13. The van der Waals surface area contributed by atoms with Crippen LogP contribution < -0.4 is 5.43 Å². The Kier molecular flexibility index (Phi) is 2.56. The molecule has 3 nitrogen and oxygen atoms in total. The average molecular weight is 255 g/mol. The Morgan fingerprint density at radius 2 is 1.74 bits per heavy atom. The number of benzene rings is 2. The van der Waals surface area contributed by atoms with Gasteiger partial charge in [0.2, 0.25) is 0 Å². The lowest BCUT2D eigenvalue weighted by Gasteiger charge is -2.05. The Labute approximate surface area is 108 Å². The fraction of sp³-hybridized carbons (Fsp3) is 0. The number of halogens is 1. The van der Waals surface area contributed by atoms with Gasteiger partial charge in [-0.25, -0.2) is 4.39 Å². The van der Waals surface area contributed by atoms with E-state index in [1.54, 1.807) is 12.1 Å². The first kappa shape index (κ1) is 11.5. The average Bonchev–Trinajstić information content (AvgIpc) is 2.38. The Hall–Kier alpha value is -2.62. The Morgan fingerprint density at radius 1 is 1.00 bits per heavy atom. The number of rotatable bonds is 1. The largest absolute Gasteiger partial charge is 0.508 e. The van der Waals surface area contributed by atoms with Crippen molar-refractivity contribution in [2.24, 2.45) is 0 Å². The van der Waals surface area contributed by atoms with Gasteiger partial charge in [0.1, 0.15) is 11.6 Å². The van der Waals surface area contributed by atoms with Gasteiger partial charge < -0.3 is 10.1 Å². The van der Waals surface area contributed by atoms with Crippen LogP contribution in [0.1, 0.15) is 0 Å². The van der Waals surface area contributed by atoms with Gasteiger partial charge in [-0.3, -0.25) is 4.79 Å². The van der Waals surface area contributed by atoms with Crippen molar-refractivity contribution in [3.63, 3.8) is 0 Å². The lowest BCUT2D eigenvalue weighted by atomic mass is 10.1. The Morgan fingerprint density at radius 3 is 2.47 bits per heavy atom. The van der Waals surface area contributed by atoms with Gasteiger partial charge in [0, 0.05) is 17.1 Å².